The van der Waals surface area contributed by atoms with Crippen molar-refractivity contribution in [1.82, 2.24) is 5.06 Å². The van der Waals surface area contributed by atoms with Crippen molar-refractivity contribution in [2.24, 2.45) is 0 Å². The molecule has 1 fully saturated rings. The van der Waals surface area contributed by atoms with Gasteiger partial charge in [0.1, 0.15) is 11.3 Å². The second kappa shape index (κ2) is 6.32. The summed E-state index contributed by atoms with van der Waals surface area (Å²) in [5.41, 5.74) is -0.564. The molecule has 0 aromatic carbocycles. The van der Waals surface area contributed by atoms with Crippen LogP contribution in [-0.2, 0) is 14.4 Å². The lowest BCUT2D eigenvalue weighted by Crippen LogP contribution is -2.59. The Labute approximate surface area is 137 Å². The van der Waals surface area contributed by atoms with Gasteiger partial charge < -0.3 is 9.25 Å². The van der Waals surface area contributed by atoms with Crippen LogP contribution in [0.4, 0.5) is 0 Å². The number of hydrogen-bond donors (Lipinski definition) is 0. The number of piperidine rings is 1. The first-order chi connectivity index (χ1) is 10.6. The van der Waals surface area contributed by atoms with Crippen LogP contribution in [0.15, 0.2) is 28.4 Å². The molecule has 0 saturated carbocycles. The van der Waals surface area contributed by atoms with Gasteiger partial charge in [0, 0.05) is 0 Å². The van der Waals surface area contributed by atoms with Gasteiger partial charge in [-0.05, 0) is 72.1 Å². The molecule has 0 bridgehead atoms. The Morgan fingerprint density at radius 3 is 2.30 bits per heavy atom. The fraction of sp³-hybridized carbons (Fsp3) is 0.556. The van der Waals surface area contributed by atoms with Gasteiger partial charge in [-0.2, -0.15) is 0 Å². The quantitative estimate of drug-likeness (QED) is 0.480. The molecule has 126 valence electrons. The lowest BCUT2D eigenvalue weighted by atomic mass is 9.82. The monoisotopic (exact) mass is 319 g/mol. The maximum absolute atomic E-state index is 12.6. The highest BCUT2D eigenvalue weighted by Gasteiger charge is 2.44. The van der Waals surface area contributed by atoms with Crippen molar-refractivity contribution in [2.45, 2.75) is 65.0 Å². The van der Waals surface area contributed by atoms with Crippen molar-refractivity contribution in [3.8, 4) is 0 Å². The lowest BCUT2D eigenvalue weighted by molar-refractivity contribution is -0.262. The Hall–Kier alpha value is -1.88. The number of hydrogen-bond acceptors (Lipinski definition) is 5. The summed E-state index contributed by atoms with van der Waals surface area (Å²) in [4.78, 5) is 30.1. The van der Waals surface area contributed by atoms with Crippen molar-refractivity contribution in [1.29, 1.82) is 0 Å². The van der Waals surface area contributed by atoms with E-state index in [0.29, 0.717) is 5.76 Å². The molecule has 0 amide bonds. The number of ketones is 1. The number of carbonyl (C=O) groups excluding carboxylic acids is 2. The van der Waals surface area contributed by atoms with Gasteiger partial charge in [0.05, 0.1) is 17.3 Å². The summed E-state index contributed by atoms with van der Waals surface area (Å²) in [6.07, 6.45) is 5.86. The summed E-state index contributed by atoms with van der Waals surface area (Å²) in [7, 11) is 0. The van der Waals surface area contributed by atoms with Gasteiger partial charge >= 0.3 is 5.97 Å². The van der Waals surface area contributed by atoms with E-state index in [4.69, 9.17) is 9.25 Å². The number of furan rings is 1. The first kappa shape index (κ1) is 17.5. The van der Waals surface area contributed by atoms with Crippen LogP contribution in [0.2, 0.25) is 0 Å². The number of nitrogens with zero attached hydrogens (tertiary/aromatic N) is 1. The maximum Gasteiger partial charge on any atom is 0.360 e. The molecule has 23 heavy (non-hydrogen) atoms. The number of carbonyl (C=O) groups is 2. The minimum Gasteiger partial charge on any atom is -0.465 e. The predicted octanol–water partition coefficient (Wildman–Crippen LogP) is 3.75. The Bertz CT molecular complexity index is 595. The van der Waals surface area contributed by atoms with E-state index in [1.807, 2.05) is 27.7 Å². The molecule has 1 aliphatic rings. The van der Waals surface area contributed by atoms with E-state index in [-0.39, 0.29) is 22.4 Å². The van der Waals surface area contributed by atoms with Crippen LogP contribution in [0.25, 0.3) is 6.08 Å². The lowest BCUT2D eigenvalue weighted by Gasteiger charge is -2.50. The molecule has 0 aliphatic carbocycles. The van der Waals surface area contributed by atoms with Crippen LogP contribution in [0.5, 0.6) is 0 Å². The normalized spacial score (nSPS) is 21.0. The molecule has 0 spiro atoms. The second-order valence-electron chi connectivity index (χ2n) is 7.28. The first-order valence-electron chi connectivity index (χ1n) is 7.92. The van der Waals surface area contributed by atoms with Crippen LogP contribution in [0.1, 0.15) is 59.6 Å². The molecule has 5 nitrogen and oxygen atoms in total. The molecule has 1 saturated heterocycles. The molecule has 0 radical (unpaired) electrons. The highest BCUT2D eigenvalue weighted by Crippen LogP contribution is 2.38. The molecule has 5 heteroatoms. The van der Waals surface area contributed by atoms with Crippen LogP contribution >= 0.6 is 0 Å². The third-order valence-electron chi connectivity index (χ3n) is 4.28. The minimum absolute atomic E-state index is 0.0166. The standard InChI is InChI=1S/C18H25NO4/c1-13(20)15(12-14-8-6-11-22-14)16(21)23-19-17(2,3)9-7-10-18(19,4)5/h6,8,11-12H,7,9-10H2,1-5H3/b15-12-. The number of rotatable bonds is 4. The first-order valence-corrected chi connectivity index (χ1v) is 7.92. The topological polar surface area (TPSA) is 59.8 Å². The van der Waals surface area contributed by atoms with E-state index in [0.717, 1.165) is 19.3 Å². The third kappa shape index (κ3) is 3.91. The zero-order valence-electron chi connectivity index (χ0n) is 14.5. The largest absolute Gasteiger partial charge is 0.465 e. The van der Waals surface area contributed by atoms with Gasteiger partial charge in [0.25, 0.3) is 0 Å². The summed E-state index contributed by atoms with van der Waals surface area (Å²) < 4.78 is 5.19. The maximum atomic E-state index is 12.6. The summed E-state index contributed by atoms with van der Waals surface area (Å²) >= 11 is 0. The van der Waals surface area contributed by atoms with Crippen molar-refractivity contribution in [2.75, 3.05) is 0 Å². The Kier molecular flexibility index (Phi) is 4.80. The predicted molar refractivity (Wildman–Crippen MR) is 87.3 cm³/mol. The van der Waals surface area contributed by atoms with Crippen LogP contribution in [-0.4, -0.2) is 27.9 Å². The second-order valence-corrected chi connectivity index (χ2v) is 7.28. The fourth-order valence-corrected chi connectivity index (χ4v) is 3.18. The Morgan fingerprint density at radius 1 is 1.22 bits per heavy atom. The van der Waals surface area contributed by atoms with Crippen LogP contribution in [0, 0.1) is 0 Å². The van der Waals surface area contributed by atoms with Gasteiger partial charge in [-0.15, -0.1) is 5.06 Å². The molecule has 0 unspecified atom stereocenters. The van der Waals surface area contributed by atoms with Crippen molar-refractivity contribution < 1.29 is 18.8 Å². The summed E-state index contributed by atoms with van der Waals surface area (Å²) in [6, 6.07) is 3.39. The minimum atomic E-state index is -0.642. The SMILES string of the molecule is CC(=O)/C(=C/c1ccco1)C(=O)ON1C(C)(C)CCCC1(C)C. The molecule has 0 N–H and O–H groups in total. The molecule has 2 heterocycles. The molecule has 0 atom stereocenters. The molecular formula is C18H25NO4. The highest BCUT2D eigenvalue weighted by molar-refractivity contribution is 6.19. The molecule has 2 rings (SSSR count). The van der Waals surface area contributed by atoms with Gasteiger partial charge in [-0.1, -0.05) is 0 Å². The average Bonchev–Trinajstić information content (AvgIpc) is 2.92. The van der Waals surface area contributed by atoms with E-state index in [1.54, 1.807) is 17.2 Å². The fourth-order valence-electron chi connectivity index (χ4n) is 3.18. The zero-order chi connectivity index (χ0) is 17.3. The summed E-state index contributed by atoms with van der Waals surface area (Å²) in [6.45, 7) is 9.54. The smallest absolute Gasteiger partial charge is 0.360 e. The number of hydroxylamine groups is 2. The Morgan fingerprint density at radius 2 is 1.83 bits per heavy atom. The van der Waals surface area contributed by atoms with Gasteiger partial charge in [0.2, 0.25) is 0 Å². The van der Waals surface area contributed by atoms with Crippen LogP contribution < -0.4 is 0 Å². The summed E-state index contributed by atoms with van der Waals surface area (Å²) in [5, 5.41) is 1.74. The van der Waals surface area contributed by atoms with E-state index in [9.17, 15) is 9.59 Å². The summed E-state index contributed by atoms with van der Waals surface area (Å²) in [5.74, 6) is -0.541. The zero-order valence-corrected chi connectivity index (χ0v) is 14.5. The molecule has 1 aliphatic heterocycles. The molecule has 1 aromatic rings. The van der Waals surface area contributed by atoms with Gasteiger partial charge in [-0.25, -0.2) is 4.79 Å². The Balaban J connectivity index is 2.26. The van der Waals surface area contributed by atoms with Gasteiger partial charge in [0.15, 0.2) is 5.78 Å². The molecule has 1 aromatic heterocycles. The number of Topliss-reactive ketones (excluding diaryl/α,β-unsaturated/α-hetero) is 1. The van der Waals surface area contributed by atoms with E-state index in [1.165, 1.54) is 19.3 Å². The van der Waals surface area contributed by atoms with Crippen molar-refractivity contribution in [3.63, 3.8) is 0 Å². The van der Waals surface area contributed by atoms with E-state index in [2.05, 4.69) is 0 Å². The van der Waals surface area contributed by atoms with Crippen molar-refractivity contribution >= 4 is 17.8 Å². The molecular weight excluding hydrogens is 294 g/mol. The van der Waals surface area contributed by atoms with Crippen molar-refractivity contribution in [3.05, 3.63) is 29.7 Å². The third-order valence-corrected chi connectivity index (χ3v) is 4.28. The highest BCUT2D eigenvalue weighted by atomic mass is 16.7. The van der Waals surface area contributed by atoms with Gasteiger partial charge in [-0.3, -0.25) is 4.79 Å². The van der Waals surface area contributed by atoms with Crippen LogP contribution in [0.3, 0.4) is 0 Å². The average molecular weight is 319 g/mol. The van der Waals surface area contributed by atoms with E-state index < -0.39 is 5.97 Å². The van der Waals surface area contributed by atoms with E-state index >= 15 is 0 Å².